The molecular formula is C8H12N2O2. The topological polar surface area (TPSA) is 47.2 Å². The number of aryl methyl sites for hydroxylation is 1. The average molecular weight is 168 g/mol. The van der Waals surface area contributed by atoms with Crippen LogP contribution in [0.3, 0.4) is 0 Å². The van der Waals surface area contributed by atoms with Crippen LogP contribution in [-0.2, 0) is 7.05 Å². The van der Waals surface area contributed by atoms with E-state index < -0.39 is 0 Å². The second-order valence-corrected chi connectivity index (χ2v) is 3.13. The lowest BCUT2D eigenvalue weighted by molar-refractivity contribution is 0.270. The summed E-state index contributed by atoms with van der Waals surface area (Å²) >= 11 is 0. The maximum absolute atomic E-state index is 10.9. The monoisotopic (exact) mass is 168 g/mol. The zero-order chi connectivity index (χ0) is 8.55. The summed E-state index contributed by atoms with van der Waals surface area (Å²) in [5.74, 6) is 0. The Kier molecular flexibility index (Phi) is 1.77. The van der Waals surface area contributed by atoms with Crippen LogP contribution < -0.4 is 10.9 Å². The van der Waals surface area contributed by atoms with Gasteiger partial charge in [0.2, 0.25) is 0 Å². The predicted molar refractivity (Wildman–Crippen MR) is 43.9 cm³/mol. The highest BCUT2D eigenvalue weighted by Crippen LogP contribution is 2.21. The highest BCUT2D eigenvalue weighted by atomic mass is 16.5. The molecule has 0 aromatic carbocycles. The van der Waals surface area contributed by atoms with Crippen molar-refractivity contribution in [2.75, 3.05) is 6.54 Å². The third-order valence-corrected chi connectivity index (χ3v) is 2.27. The molecule has 1 aliphatic rings. The first kappa shape index (κ1) is 7.61. The number of rotatable bonds is 1. The Morgan fingerprint density at radius 1 is 1.75 bits per heavy atom. The van der Waals surface area contributed by atoms with Gasteiger partial charge in [0.05, 0.1) is 11.7 Å². The summed E-state index contributed by atoms with van der Waals surface area (Å²) in [6, 6.07) is 1.87. The molecule has 0 saturated carbocycles. The lowest BCUT2D eigenvalue weighted by Crippen LogP contribution is -2.15. The number of nitrogens with one attached hydrogen (secondary N) is 1. The van der Waals surface area contributed by atoms with Gasteiger partial charge in [-0.1, -0.05) is 0 Å². The number of aromatic nitrogens is 1. The first-order valence-corrected chi connectivity index (χ1v) is 4.18. The van der Waals surface area contributed by atoms with E-state index in [1.807, 2.05) is 0 Å². The van der Waals surface area contributed by atoms with Gasteiger partial charge >= 0.3 is 5.63 Å². The van der Waals surface area contributed by atoms with Crippen LogP contribution in [0.1, 0.15) is 24.6 Å². The minimum absolute atomic E-state index is 0.263. The molecule has 2 heterocycles. The minimum Gasteiger partial charge on any atom is -0.336 e. The molecule has 1 aromatic heterocycles. The first-order valence-electron chi connectivity index (χ1n) is 4.18. The molecule has 0 spiro atoms. The van der Waals surface area contributed by atoms with Gasteiger partial charge < -0.3 is 9.84 Å². The van der Waals surface area contributed by atoms with E-state index in [1.54, 1.807) is 17.9 Å². The van der Waals surface area contributed by atoms with E-state index in [2.05, 4.69) is 5.32 Å². The van der Waals surface area contributed by atoms with E-state index in [1.165, 1.54) is 6.42 Å². The Balaban J connectivity index is 2.31. The van der Waals surface area contributed by atoms with Crippen LogP contribution in [0.4, 0.5) is 0 Å². The molecule has 1 atom stereocenters. The van der Waals surface area contributed by atoms with Crippen molar-refractivity contribution in [2.24, 2.45) is 7.05 Å². The van der Waals surface area contributed by atoms with Gasteiger partial charge in [0.1, 0.15) is 0 Å². The maximum Gasteiger partial charge on any atom is 0.357 e. The zero-order valence-electron chi connectivity index (χ0n) is 7.04. The molecule has 0 amide bonds. The quantitative estimate of drug-likeness (QED) is 0.660. The SMILES string of the molecule is Cn1oc(=O)cc1C1CCCN1. The molecule has 1 fully saturated rings. The Morgan fingerprint density at radius 2 is 2.58 bits per heavy atom. The van der Waals surface area contributed by atoms with Crippen LogP contribution in [0.5, 0.6) is 0 Å². The second-order valence-electron chi connectivity index (χ2n) is 3.13. The summed E-state index contributed by atoms with van der Waals surface area (Å²) in [6.45, 7) is 1.03. The van der Waals surface area contributed by atoms with Gasteiger partial charge in [-0.2, -0.15) is 0 Å². The van der Waals surface area contributed by atoms with Crippen molar-refractivity contribution in [3.63, 3.8) is 0 Å². The fourth-order valence-electron chi connectivity index (χ4n) is 1.68. The largest absolute Gasteiger partial charge is 0.357 e. The van der Waals surface area contributed by atoms with Gasteiger partial charge in [0.15, 0.2) is 0 Å². The van der Waals surface area contributed by atoms with Crippen LogP contribution in [0.15, 0.2) is 15.4 Å². The fraction of sp³-hybridized carbons (Fsp3) is 0.625. The highest BCUT2D eigenvalue weighted by molar-refractivity contribution is 5.06. The van der Waals surface area contributed by atoms with Crippen LogP contribution in [-0.4, -0.2) is 11.3 Å². The standard InChI is InChI=1S/C8H12N2O2/c1-10-7(5-8(11)12-10)6-3-2-4-9-6/h5-6,9H,2-4H2,1H3. The molecule has 1 saturated heterocycles. The Hall–Kier alpha value is -1.03. The average Bonchev–Trinajstić information content (AvgIpc) is 2.58. The van der Waals surface area contributed by atoms with Gasteiger partial charge in [-0.05, 0) is 19.4 Å². The van der Waals surface area contributed by atoms with Crippen molar-refractivity contribution in [3.8, 4) is 0 Å². The first-order chi connectivity index (χ1) is 5.77. The molecular weight excluding hydrogens is 156 g/mol. The third-order valence-electron chi connectivity index (χ3n) is 2.27. The molecule has 0 radical (unpaired) electrons. The molecule has 0 aliphatic carbocycles. The fourth-order valence-corrected chi connectivity index (χ4v) is 1.68. The molecule has 1 aromatic rings. The summed E-state index contributed by atoms with van der Waals surface area (Å²) in [7, 11) is 1.76. The molecule has 1 unspecified atom stereocenters. The van der Waals surface area contributed by atoms with Crippen LogP contribution >= 0.6 is 0 Å². The number of nitrogens with zero attached hydrogens (tertiary/aromatic N) is 1. The summed E-state index contributed by atoms with van der Waals surface area (Å²) < 4.78 is 6.39. The summed E-state index contributed by atoms with van der Waals surface area (Å²) in [5.41, 5.74) is 0.693. The Bertz CT molecular complexity index is 320. The maximum atomic E-state index is 10.9. The van der Waals surface area contributed by atoms with Crippen molar-refractivity contribution < 1.29 is 4.52 Å². The third kappa shape index (κ3) is 1.18. The van der Waals surface area contributed by atoms with E-state index >= 15 is 0 Å². The normalized spacial score (nSPS) is 23.2. The molecule has 66 valence electrons. The lowest BCUT2D eigenvalue weighted by Gasteiger charge is -2.08. The van der Waals surface area contributed by atoms with Crippen LogP contribution in [0, 0.1) is 0 Å². The van der Waals surface area contributed by atoms with E-state index in [0.29, 0.717) is 6.04 Å². The Labute approximate surface area is 70.1 Å². The van der Waals surface area contributed by atoms with Gasteiger partial charge in [0.25, 0.3) is 0 Å². The minimum atomic E-state index is -0.263. The molecule has 4 heteroatoms. The molecule has 12 heavy (non-hydrogen) atoms. The smallest absolute Gasteiger partial charge is 0.336 e. The van der Waals surface area contributed by atoms with Gasteiger partial charge in [0, 0.05) is 13.1 Å². The van der Waals surface area contributed by atoms with Gasteiger partial charge in [-0.25, -0.2) is 9.53 Å². The molecule has 1 aliphatic heterocycles. The van der Waals surface area contributed by atoms with E-state index in [4.69, 9.17) is 4.52 Å². The molecule has 4 nitrogen and oxygen atoms in total. The number of hydrogen-bond acceptors (Lipinski definition) is 3. The second kappa shape index (κ2) is 2.79. The molecule has 1 N–H and O–H groups in total. The molecule has 2 rings (SSSR count). The van der Waals surface area contributed by atoms with Crippen molar-refractivity contribution in [1.29, 1.82) is 0 Å². The lowest BCUT2D eigenvalue weighted by atomic mass is 10.1. The predicted octanol–water partition coefficient (Wildman–Crippen LogP) is 0.403. The van der Waals surface area contributed by atoms with Crippen molar-refractivity contribution in [2.45, 2.75) is 18.9 Å². The molecule has 0 bridgehead atoms. The zero-order valence-corrected chi connectivity index (χ0v) is 7.04. The summed E-state index contributed by atoms with van der Waals surface area (Å²) in [4.78, 5) is 10.9. The van der Waals surface area contributed by atoms with E-state index in [0.717, 1.165) is 18.7 Å². The Morgan fingerprint density at radius 3 is 3.08 bits per heavy atom. The van der Waals surface area contributed by atoms with Gasteiger partial charge in [-0.15, -0.1) is 0 Å². The van der Waals surface area contributed by atoms with Crippen molar-refractivity contribution in [1.82, 2.24) is 10.1 Å². The van der Waals surface area contributed by atoms with E-state index in [9.17, 15) is 4.79 Å². The van der Waals surface area contributed by atoms with Crippen molar-refractivity contribution in [3.05, 3.63) is 22.2 Å². The van der Waals surface area contributed by atoms with Crippen LogP contribution in [0.25, 0.3) is 0 Å². The number of hydrogen-bond donors (Lipinski definition) is 1. The highest BCUT2D eigenvalue weighted by Gasteiger charge is 2.20. The van der Waals surface area contributed by atoms with Crippen molar-refractivity contribution >= 4 is 0 Å². The van der Waals surface area contributed by atoms with E-state index in [-0.39, 0.29) is 5.63 Å². The van der Waals surface area contributed by atoms with Gasteiger partial charge in [-0.3, -0.25) is 0 Å². The van der Waals surface area contributed by atoms with Crippen LogP contribution in [0.2, 0.25) is 0 Å². The summed E-state index contributed by atoms with van der Waals surface area (Å²) in [6.07, 6.45) is 2.26. The summed E-state index contributed by atoms with van der Waals surface area (Å²) in [5, 5.41) is 3.31.